The Kier molecular flexibility index (Phi) is 3.77. The van der Waals surface area contributed by atoms with E-state index in [-0.39, 0.29) is 0 Å². The molecule has 0 N–H and O–H groups in total. The lowest BCUT2D eigenvalue weighted by atomic mass is 10.4. The molecule has 1 atom stereocenters. The van der Waals surface area contributed by atoms with Gasteiger partial charge in [0, 0.05) is 5.67 Å². The molecule has 2 heteroatoms. The Balaban J connectivity index is 2.13. The summed E-state index contributed by atoms with van der Waals surface area (Å²) in [5, 5.41) is 3.12. The molecule has 104 valence electrons. The molecule has 20 heavy (non-hydrogen) atoms. The van der Waals surface area contributed by atoms with E-state index in [1.165, 1.54) is 19.4 Å². The molecule has 0 radical (unpaired) electrons. The molecule has 0 aromatic heterocycles. The van der Waals surface area contributed by atoms with Gasteiger partial charge in [-0.05, 0) is 26.4 Å². The van der Waals surface area contributed by atoms with Crippen molar-refractivity contribution in [3.8, 4) is 0 Å². The van der Waals surface area contributed by atoms with Gasteiger partial charge in [0.25, 0.3) is 0 Å². The molecule has 1 aliphatic rings. The highest BCUT2D eigenvalue weighted by molar-refractivity contribution is 7.02. The SMILES string of the molecule is CN1CCCC1[Si](C)(c1ccccc1)c1ccccc1. The third kappa shape index (κ3) is 2.23. The van der Waals surface area contributed by atoms with Gasteiger partial charge in [-0.2, -0.15) is 0 Å². The van der Waals surface area contributed by atoms with Crippen molar-refractivity contribution in [3.63, 3.8) is 0 Å². The number of hydrogen-bond acceptors (Lipinski definition) is 1. The number of hydrogen-bond donors (Lipinski definition) is 0. The van der Waals surface area contributed by atoms with Crippen molar-refractivity contribution in [1.29, 1.82) is 0 Å². The normalized spacial score (nSPS) is 20.2. The van der Waals surface area contributed by atoms with Crippen LogP contribution in [0.25, 0.3) is 0 Å². The fourth-order valence-corrected chi connectivity index (χ4v) is 8.42. The predicted molar refractivity (Wildman–Crippen MR) is 89.4 cm³/mol. The zero-order chi connectivity index (χ0) is 14.0. The van der Waals surface area contributed by atoms with Crippen molar-refractivity contribution in [3.05, 3.63) is 60.7 Å². The number of nitrogens with zero attached hydrogens (tertiary/aromatic N) is 1. The molecular formula is C18H23NSi. The lowest BCUT2D eigenvalue weighted by Gasteiger charge is -2.38. The average Bonchev–Trinajstić information content (AvgIpc) is 2.95. The molecule has 3 rings (SSSR count). The molecule has 1 aliphatic heterocycles. The summed E-state index contributed by atoms with van der Waals surface area (Å²) in [5.41, 5.74) is 0.715. The highest BCUT2D eigenvalue weighted by atomic mass is 28.3. The van der Waals surface area contributed by atoms with Crippen LogP contribution in [0.1, 0.15) is 12.8 Å². The molecule has 1 saturated heterocycles. The van der Waals surface area contributed by atoms with Crippen LogP contribution in [-0.2, 0) is 0 Å². The Labute approximate surface area is 123 Å². The van der Waals surface area contributed by atoms with Crippen LogP contribution in [-0.4, -0.2) is 32.2 Å². The third-order valence-electron chi connectivity index (χ3n) is 4.93. The van der Waals surface area contributed by atoms with E-state index < -0.39 is 8.07 Å². The maximum atomic E-state index is 2.59. The second-order valence-corrected chi connectivity index (χ2v) is 10.3. The lowest BCUT2D eigenvalue weighted by molar-refractivity contribution is 0.377. The molecule has 0 saturated carbocycles. The monoisotopic (exact) mass is 281 g/mol. The Morgan fingerprint density at radius 3 is 1.80 bits per heavy atom. The van der Waals surface area contributed by atoms with E-state index in [0.717, 1.165) is 0 Å². The second-order valence-electron chi connectivity index (χ2n) is 6.07. The maximum absolute atomic E-state index is 2.59. The average molecular weight is 281 g/mol. The minimum Gasteiger partial charge on any atom is -0.305 e. The van der Waals surface area contributed by atoms with Crippen LogP contribution in [0.4, 0.5) is 0 Å². The molecule has 0 amide bonds. The third-order valence-corrected chi connectivity index (χ3v) is 10.1. The van der Waals surface area contributed by atoms with E-state index in [1.54, 1.807) is 10.4 Å². The Morgan fingerprint density at radius 1 is 0.900 bits per heavy atom. The van der Waals surface area contributed by atoms with Crippen LogP contribution >= 0.6 is 0 Å². The van der Waals surface area contributed by atoms with E-state index in [4.69, 9.17) is 0 Å². The smallest absolute Gasteiger partial charge is 0.131 e. The Hall–Kier alpha value is -1.38. The van der Waals surface area contributed by atoms with Crippen molar-refractivity contribution < 1.29 is 0 Å². The van der Waals surface area contributed by atoms with E-state index in [2.05, 4.69) is 79.2 Å². The summed E-state index contributed by atoms with van der Waals surface area (Å²) in [5.74, 6) is 0. The molecule has 0 spiro atoms. The van der Waals surface area contributed by atoms with Gasteiger partial charge in [-0.1, -0.05) is 77.6 Å². The summed E-state index contributed by atoms with van der Waals surface area (Å²) >= 11 is 0. The first-order valence-electron chi connectivity index (χ1n) is 7.54. The fraction of sp³-hybridized carbons (Fsp3) is 0.333. The largest absolute Gasteiger partial charge is 0.305 e. The number of benzene rings is 2. The van der Waals surface area contributed by atoms with Gasteiger partial charge < -0.3 is 4.90 Å². The first-order valence-corrected chi connectivity index (χ1v) is 10.1. The van der Waals surface area contributed by atoms with E-state index in [9.17, 15) is 0 Å². The number of likely N-dealkylation sites (tertiary alicyclic amines) is 1. The van der Waals surface area contributed by atoms with E-state index in [0.29, 0.717) is 5.67 Å². The zero-order valence-corrected chi connectivity index (χ0v) is 13.4. The minimum atomic E-state index is -1.71. The summed E-state index contributed by atoms with van der Waals surface area (Å²) in [6.45, 7) is 3.79. The predicted octanol–water partition coefficient (Wildman–Crippen LogP) is 2.51. The zero-order valence-electron chi connectivity index (χ0n) is 12.4. The van der Waals surface area contributed by atoms with Gasteiger partial charge in [-0.15, -0.1) is 0 Å². The van der Waals surface area contributed by atoms with Crippen LogP contribution in [0.2, 0.25) is 6.55 Å². The molecule has 2 aromatic carbocycles. The summed E-state index contributed by atoms with van der Waals surface area (Å²) in [6, 6.07) is 22.4. The number of rotatable bonds is 3. The van der Waals surface area contributed by atoms with Crippen LogP contribution in [0.3, 0.4) is 0 Å². The second kappa shape index (κ2) is 5.55. The van der Waals surface area contributed by atoms with Crippen molar-refractivity contribution in [1.82, 2.24) is 4.90 Å². The molecule has 0 bridgehead atoms. The van der Waals surface area contributed by atoms with E-state index >= 15 is 0 Å². The van der Waals surface area contributed by atoms with E-state index in [1.807, 2.05) is 0 Å². The van der Waals surface area contributed by atoms with Crippen LogP contribution in [0, 0.1) is 0 Å². The minimum absolute atomic E-state index is 0.715. The van der Waals surface area contributed by atoms with Crippen molar-refractivity contribution in [2.24, 2.45) is 0 Å². The molecule has 1 fully saturated rings. The Bertz CT molecular complexity index is 513. The van der Waals surface area contributed by atoms with Gasteiger partial charge >= 0.3 is 0 Å². The molecule has 1 unspecified atom stereocenters. The van der Waals surface area contributed by atoms with Gasteiger partial charge in [-0.3, -0.25) is 0 Å². The quantitative estimate of drug-likeness (QED) is 0.782. The first kappa shape index (κ1) is 13.6. The summed E-state index contributed by atoms with van der Waals surface area (Å²) in [4.78, 5) is 2.59. The summed E-state index contributed by atoms with van der Waals surface area (Å²) in [6.07, 6.45) is 2.67. The van der Waals surface area contributed by atoms with Crippen molar-refractivity contribution >= 4 is 18.4 Å². The first-order chi connectivity index (χ1) is 9.73. The van der Waals surface area contributed by atoms with Crippen LogP contribution in [0.15, 0.2) is 60.7 Å². The van der Waals surface area contributed by atoms with Gasteiger partial charge in [0.05, 0.1) is 0 Å². The van der Waals surface area contributed by atoms with Gasteiger partial charge in [0.2, 0.25) is 0 Å². The summed E-state index contributed by atoms with van der Waals surface area (Å²) in [7, 11) is 0.595. The fourth-order valence-electron chi connectivity index (χ4n) is 3.76. The van der Waals surface area contributed by atoms with Gasteiger partial charge in [0.15, 0.2) is 0 Å². The van der Waals surface area contributed by atoms with Gasteiger partial charge in [0.1, 0.15) is 8.07 Å². The highest BCUT2D eigenvalue weighted by Gasteiger charge is 2.43. The maximum Gasteiger partial charge on any atom is 0.131 e. The van der Waals surface area contributed by atoms with Gasteiger partial charge in [-0.25, -0.2) is 0 Å². The van der Waals surface area contributed by atoms with Crippen molar-refractivity contribution in [2.45, 2.75) is 25.1 Å². The highest BCUT2D eigenvalue weighted by Crippen LogP contribution is 2.24. The van der Waals surface area contributed by atoms with Crippen LogP contribution in [0.5, 0.6) is 0 Å². The Morgan fingerprint density at radius 2 is 1.40 bits per heavy atom. The molecule has 2 aromatic rings. The lowest BCUT2D eigenvalue weighted by Crippen LogP contribution is -2.67. The molecule has 1 heterocycles. The molecule has 0 aliphatic carbocycles. The van der Waals surface area contributed by atoms with Crippen molar-refractivity contribution in [2.75, 3.05) is 13.6 Å². The topological polar surface area (TPSA) is 3.24 Å². The molecular weight excluding hydrogens is 258 g/mol. The summed E-state index contributed by atoms with van der Waals surface area (Å²) < 4.78 is 0. The van der Waals surface area contributed by atoms with Crippen LogP contribution < -0.4 is 10.4 Å². The molecule has 1 nitrogen and oxygen atoms in total. The standard InChI is InChI=1S/C18H23NSi/c1-19-15-9-14-18(19)20(2,16-10-5-3-6-11-16)17-12-7-4-8-13-17/h3-8,10-13,18H,9,14-15H2,1-2H3.